The lowest BCUT2D eigenvalue weighted by Gasteiger charge is -2.31. The molecule has 0 saturated heterocycles. The molecule has 1 N–H and O–H groups in total. The van der Waals surface area contributed by atoms with E-state index in [9.17, 15) is 9.59 Å². The van der Waals surface area contributed by atoms with Crippen LogP contribution in [0.4, 0.5) is 0 Å². The predicted octanol–water partition coefficient (Wildman–Crippen LogP) is 5.93. The number of para-hydroxylation sites is 1. The largest absolute Gasteiger partial charge is 0.482 e. The van der Waals surface area contributed by atoms with E-state index in [0.29, 0.717) is 28.8 Å². The second-order valence-electron chi connectivity index (χ2n) is 8.22. The van der Waals surface area contributed by atoms with Crippen LogP contribution in [-0.2, 0) is 22.6 Å². The molecule has 184 valence electrons. The lowest BCUT2D eigenvalue weighted by Crippen LogP contribution is -2.51. The number of carbonyl (C=O) groups is 2. The summed E-state index contributed by atoms with van der Waals surface area (Å²) in [6.45, 7) is 2.61. The van der Waals surface area contributed by atoms with Crippen molar-refractivity contribution in [1.82, 2.24) is 10.2 Å². The number of nitrogens with one attached hydrogen (secondary N) is 1. The number of amides is 2. The van der Waals surface area contributed by atoms with Gasteiger partial charge in [0.15, 0.2) is 6.61 Å². The summed E-state index contributed by atoms with van der Waals surface area (Å²) >= 11 is 12.3. The van der Waals surface area contributed by atoms with Crippen molar-refractivity contribution < 1.29 is 14.3 Å². The molecular weight excluding hydrogens is 483 g/mol. The second-order valence-corrected chi connectivity index (χ2v) is 9.06. The maximum atomic E-state index is 13.5. The molecule has 0 fully saturated rings. The number of hydrogen-bond acceptors (Lipinski definition) is 3. The predicted molar refractivity (Wildman–Crippen MR) is 141 cm³/mol. The van der Waals surface area contributed by atoms with Gasteiger partial charge in [-0.25, -0.2) is 0 Å². The van der Waals surface area contributed by atoms with Gasteiger partial charge in [0.25, 0.3) is 5.91 Å². The number of carbonyl (C=O) groups excluding carboxylic acids is 2. The minimum absolute atomic E-state index is 0.192. The van der Waals surface area contributed by atoms with Crippen LogP contribution in [0.2, 0.25) is 10.0 Å². The number of ether oxygens (including phenoxy) is 1. The highest BCUT2D eigenvalue weighted by molar-refractivity contribution is 6.32. The summed E-state index contributed by atoms with van der Waals surface area (Å²) in [5.41, 5.74) is 1.82. The normalized spacial score (nSPS) is 11.5. The summed E-state index contributed by atoms with van der Waals surface area (Å²) in [5.74, 6) is -0.0882. The molecule has 35 heavy (non-hydrogen) atoms. The van der Waals surface area contributed by atoms with Crippen molar-refractivity contribution >= 4 is 35.0 Å². The van der Waals surface area contributed by atoms with Crippen LogP contribution in [0.15, 0.2) is 78.9 Å². The molecule has 1 atom stereocenters. The molecule has 3 aromatic rings. The van der Waals surface area contributed by atoms with Crippen LogP contribution in [-0.4, -0.2) is 35.9 Å². The lowest BCUT2D eigenvalue weighted by atomic mass is 10.0. The van der Waals surface area contributed by atoms with Crippen LogP contribution in [0.5, 0.6) is 5.75 Å². The molecule has 0 spiro atoms. The zero-order valence-corrected chi connectivity index (χ0v) is 21.3. The van der Waals surface area contributed by atoms with Gasteiger partial charge in [0.05, 0.1) is 5.02 Å². The molecule has 0 saturated carbocycles. The van der Waals surface area contributed by atoms with Gasteiger partial charge >= 0.3 is 0 Å². The SMILES string of the molecule is CCCCNC(=O)C(Cc1ccccc1)N(Cc1ccc(Cl)cc1)C(=O)COc1ccccc1Cl. The summed E-state index contributed by atoms with van der Waals surface area (Å²) in [5, 5.41) is 4.02. The molecule has 0 bridgehead atoms. The fraction of sp³-hybridized carbons (Fsp3) is 0.286. The van der Waals surface area contributed by atoms with Crippen LogP contribution < -0.4 is 10.1 Å². The molecule has 0 heterocycles. The Labute approximate surface area is 217 Å². The number of benzene rings is 3. The molecular formula is C28H30Cl2N2O3. The van der Waals surface area contributed by atoms with Crippen molar-refractivity contribution in [1.29, 1.82) is 0 Å². The molecule has 3 rings (SSSR count). The molecule has 0 aromatic heterocycles. The third kappa shape index (κ3) is 8.30. The quantitative estimate of drug-likeness (QED) is 0.306. The highest BCUT2D eigenvalue weighted by atomic mass is 35.5. The van der Waals surface area contributed by atoms with Crippen molar-refractivity contribution in [3.63, 3.8) is 0 Å². The number of halogens is 2. The highest BCUT2D eigenvalue weighted by Crippen LogP contribution is 2.23. The van der Waals surface area contributed by atoms with E-state index < -0.39 is 6.04 Å². The number of unbranched alkanes of at least 4 members (excludes halogenated alkanes) is 1. The Morgan fingerprint density at radius 1 is 0.914 bits per heavy atom. The van der Waals surface area contributed by atoms with E-state index in [1.165, 1.54) is 0 Å². The molecule has 7 heteroatoms. The summed E-state index contributed by atoms with van der Waals surface area (Å²) in [6.07, 6.45) is 2.21. The zero-order chi connectivity index (χ0) is 25.0. The molecule has 2 amide bonds. The smallest absolute Gasteiger partial charge is 0.261 e. The maximum absolute atomic E-state index is 13.5. The molecule has 0 aliphatic rings. The van der Waals surface area contributed by atoms with Crippen LogP contribution >= 0.6 is 23.2 Å². The highest BCUT2D eigenvalue weighted by Gasteiger charge is 2.30. The Hall–Kier alpha value is -3.02. The Morgan fingerprint density at radius 2 is 1.60 bits per heavy atom. The van der Waals surface area contributed by atoms with Gasteiger partial charge in [-0.15, -0.1) is 0 Å². The lowest BCUT2D eigenvalue weighted by molar-refractivity contribution is -0.142. The monoisotopic (exact) mass is 512 g/mol. The third-order valence-corrected chi connectivity index (χ3v) is 6.12. The van der Waals surface area contributed by atoms with Crippen molar-refractivity contribution in [2.45, 2.75) is 38.8 Å². The fourth-order valence-corrected chi connectivity index (χ4v) is 3.95. The number of rotatable bonds is 12. The average molecular weight is 513 g/mol. The van der Waals surface area contributed by atoms with Gasteiger partial charge in [0.1, 0.15) is 11.8 Å². The Morgan fingerprint density at radius 3 is 2.29 bits per heavy atom. The summed E-state index contributed by atoms with van der Waals surface area (Å²) in [4.78, 5) is 28.4. The molecule has 0 aliphatic heterocycles. The Kier molecular flexibility index (Phi) is 10.5. The first-order chi connectivity index (χ1) is 17.0. The summed E-state index contributed by atoms with van der Waals surface area (Å²) < 4.78 is 5.74. The van der Waals surface area contributed by atoms with Gasteiger partial charge in [-0.2, -0.15) is 0 Å². The van der Waals surface area contributed by atoms with Crippen LogP contribution in [0.1, 0.15) is 30.9 Å². The molecule has 3 aromatic carbocycles. The van der Waals surface area contributed by atoms with Crippen molar-refractivity contribution in [3.8, 4) is 5.75 Å². The molecule has 0 aliphatic carbocycles. The first-order valence-electron chi connectivity index (χ1n) is 11.7. The maximum Gasteiger partial charge on any atom is 0.261 e. The fourth-order valence-electron chi connectivity index (χ4n) is 3.63. The topological polar surface area (TPSA) is 58.6 Å². The number of nitrogens with zero attached hydrogens (tertiary/aromatic N) is 1. The summed E-state index contributed by atoms with van der Waals surface area (Å²) in [6, 6.07) is 23.2. The van der Waals surface area contributed by atoms with E-state index >= 15 is 0 Å². The van der Waals surface area contributed by atoms with E-state index in [2.05, 4.69) is 12.2 Å². The minimum Gasteiger partial charge on any atom is -0.482 e. The van der Waals surface area contributed by atoms with Gasteiger partial charge in [-0.1, -0.05) is 91.1 Å². The standard InChI is InChI=1S/C28H30Cl2N2O3/c1-2-3-17-31-28(34)25(18-21-9-5-4-6-10-21)32(19-22-13-15-23(29)16-14-22)27(33)20-35-26-12-8-7-11-24(26)30/h4-16,25H,2-3,17-20H2,1H3,(H,31,34). The van der Waals surface area contributed by atoms with Crippen LogP contribution in [0.25, 0.3) is 0 Å². The van der Waals surface area contributed by atoms with Gasteiger partial charge < -0.3 is 15.0 Å². The molecule has 0 radical (unpaired) electrons. The second kappa shape index (κ2) is 13.8. The Bertz CT molecular complexity index is 1090. The van der Waals surface area contributed by atoms with E-state index in [4.69, 9.17) is 27.9 Å². The minimum atomic E-state index is -0.715. The van der Waals surface area contributed by atoms with Gasteiger partial charge in [-0.05, 0) is 41.8 Å². The van der Waals surface area contributed by atoms with Crippen LogP contribution in [0, 0.1) is 0 Å². The summed E-state index contributed by atoms with van der Waals surface area (Å²) in [7, 11) is 0. The van der Waals surface area contributed by atoms with Gasteiger partial charge in [0.2, 0.25) is 5.91 Å². The Balaban J connectivity index is 1.88. The average Bonchev–Trinajstić information content (AvgIpc) is 2.87. The first-order valence-corrected chi connectivity index (χ1v) is 12.5. The van der Waals surface area contributed by atoms with Crippen molar-refractivity contribution in [3.05, 3.63) is 100 Å². The first kappa shape index (κ1) is 26.6. The van der Waals surface area contributed by atoms with Gasteiger partial charge in [-0.3, -0.25) is 9.59 Å². The molecule has 1 unspecified atom stereocenters. The van der Waals surface area contributed by atoms with Gasteiger partial charge in [0, 0.05) is 24.5 Å². The van der Waals surface area contributed by atoms with E-state index in [-0.39, 0.29) is 25.0 Å². The zero-order valence-electron chi connectivity index (χ0n) is 19.8. The number of hydrogen-bond donors (Lipinski definition) is 1. The van der Waals surface area contributed by atoms with Crippen molar-refractivity contribution in [2.75, 3.05) is 13.2 Å². The third-order valence-electron chi connectivity index (χ3n) is 5.55. The van der Waals surface area contributed by atoms with Crippen LogP contribution in [0.3, 0.4) is 0 Å². The van der Waals surface area contributed by atoms with E-state index in [0.717, 1.165) is 24.0 Å². The van der Waals surface area contributed by atoms with Crippen molar-refractivity contribution in [2.24, 2.45) is 0 Å². The van der Waals surface area contributed by atoms with E-state index in [1.54, 1.807) is 41.3 Å². The molecule has 5 nitrogen and oxygen atoms in total. The van der Waals surface area contributed by atoms with E-state index in [1.807, 2.05) is 42.5 Å².